The second kappa shape index (κ2) is 8.81. The van der Waals surface area contributed by atoms with Crippen molar-refractivity contribution in [2.75, 3.05) is 11.9 Å². The van der Waals surface area contributed by atoms with Crippen LogP contribution < -0.4 is 10.1 Å². The van der Waals surface area contributed by atoms with Gasteiger partial charge in [-0.2, -0.15) is 14.8 Å². The van der Waals surface area contributed by atoms with E-state index in [1.54, 1.807) is 18.5 Å². The van der Waals surface area contributed by atoms with E-state index in [9.17, 15) is 4.79 Å². The van der Waals surface area contributed by atoms with Crippen molar-refractivity contribution in [2.45, 2.75) is 40.5 Å². The summed E-state index contributed by atoms with van der Waals surface area (Å²) in [6.45, 7) is 8.42. The van der Waals surface area contributed by atoms with Crippen molar-refractivity contribution >= 4 is 11.9 Å². The molecular weight excluding hydrogens is 368 g/mol. The van der Waals surface area contributed by atoms with Crippen molar-refractivity contribution in [2.24, 2.45) is 5.41 Å². The smallest absolute Gasteiger partial charge is 0.253 e. The average molecular weight is 394 g/mol. The Hall–Kier alpha value is -3.29. The number of nitrogens with zero attached hydrogens (tertiary/aromatic N) is 5. The van der Waals surface area contributed by atoms with Gasteiger partial charge in [0.2, 0.25) is 11.9 Å². The summed E-state index contributed by atoms with van der Waals surface area (Å²) >= 11 is 0. The minimum Gasteiger partial charge on any atom is -0.493 e. The lowest BCUT2D eigenvalue weighted by molar-refractivity contribution is -0.124. The molecule has 152 valence electrons. The van der Waals surface area contributed by atoms with Crippen molar-refractivity contribution in [1.82, 2.24) is 24.7 Å². The molecule has 8 heteroatoms. The van der Waals surface area contributed by atoms with Crippen molar-refractivity contribution < 1.29 is 9.53 Å². The first kappa shape index (κ1) is 20.4. The van der Waals surface area contributed by atoms with E-state index in [1.165, 1.54) is 11.0 Å². The summed E-state index contributed by atoms with van der Waals surface area (Å²) in [5.41, 5.74) is 1.67. The van der Waals surface area contributed by atoms with Crippen LogP contribution in [0.4, 0.5) is 5.95 Å². The Labute approximate surface area is 170 Å². The minimum absolute atomic E-state index is 0.144. The number of nitrogens with one attached hydrogen (secondary N) is 1. The third-order valence-corrected chi connectivity index (χ3v) is 4.68. The van der Waals surface area contributed by atoms with E-state index in [0.717, 1.165) is 23.3 Å². The van der Waals surface area contributed by atoms with Crippen molar-refractivity contribution in [1.29, 1.82) is 0 Å². The molecule has 0 atom stereocenters. The van der Waals surface area contributed by atoms with Crippen molar-refractivity contribution in [3.63, 3.8) is 0 Å². The number of hydrogen-bond acceptors (Lipinski definition) is 6. The van der Waals surface area contributed by atoms with Gasteiger partial charge in [-0.15, -0.1) is 0 Å². The van der Waals surface area contributed by atoms with Crippen LogP contribution in [0.5, 0.6) is 5.75 Å². The molecule has 3 aromatic rings. The van der Waals surface area contributed by atoms with E-state index >= 15 is 0 Å². The topological polar surface area (TPSA) is 94.8 Å². The van der Waals surface area contributed by atoms with E-state index in [0.29, 0.717) is 24.9 Å². The monoisotopic (exact) mass is 394 g/mol. The van der Waals surface area contributed by atoms with Gasteiger partial charge in [0, 0.05) is 17.8 Å². The zero-order valence-corrected chi connectivity index (χ0v) is 17.2. The molecule has 0 saturated heterocycles. The maximum Gasteiger partial charge on any atom is 0.253 e. The molecule has 0 aliphatic carbocycles. The highest BCUT2D eigenvalue weighted by atomic mass is 16.5. The lowest BCUT2D eigenvalue weighted by Crippen LogP contribution is -2.32. The zero-order chi connectivity index (χ0) is 20.9. The Balaban J connectivity index is 1.55. The van der Waals surface area contributed by atoms with E-state index in [-0.39, 0.29) is 5.91 Å². The molecule has 1 aromatic carbocycles. The summed E-state index contributed by atoms with van der Waals surface area (Å²) in [5, 5.41) is 6.93. The summed E-state index contributed by atoms with van der Waals surface area (Å²) < 4.78 is 7.30. The Kier molecular flexibility index (Phi) is 6.21. The lowest BCUT2D eigenvalue weighted by atomic mass is 9.87. The van der Waals surface area contributed by atoms with E-state index in [4.69, 9.17) is 4.74 Å². The number of aryl methyl sites for hydroxylation is 2. The number of carbonyl (C=O) groups is 1. The normalized spacial score (nSPS) is 11.3. The van der Waals surface area contributed by atoms with Gasteiger partial charge in [0.05, 0.1) is 6.61 Å². The highest BCUT2D eigenvalue weighted by Gasteiger charge is 2.28. The summed E-state index contributed by atoms with van der Waals surface area (Å²) in [4.78, 5) is 25.2. The molecule has 3 rings (SSSR count). The lowest BCUT2D eigenvalue weighted by Gasteiger charge is -2.23. The van der Waals surface area contributed by atoms with Gasteiger partial charge in [-0.1, -0.05) is 26.0 Å². The standard InChI is InChI=1S/C21H26N6O2/c1-15-7-8-16(2)17(13-15)29-12-5-9-21(3,4)18(28)26-20-24-14-25-27(20)19-22-10-6-11-23-19/h6-8,10-11,13-14H,5,9,12H2,1-4H3,(H,24,25,26,28). The quantitative estimate of drug-likeness (QED) is 0.588. The average Bonchev–Trinajstić information content (AvgIpc) is 3.16. The van der Waals surface area contributed by atoms with Crippen LogP contribution in [-0.4, -0.2) is 37.2 Å². The molecule has 2 heterocycles. The predicted octanol–water partition coefficient (Wildman–Crippen LogP) is 3.50. The Morgan fingerprint density at radius 1 is 1.17 bits per heavy atom. The van der Waals surface area contributed by atoms with Gasteiger partial charge in [0.15, 0.2) is 0 Å². The fourth-order valence-electron chi connectivity index (χ4n) is 2.82. The highest BCUT2D eigenvalue weighted by Crippen LogP contribution is 2.25. The molecule has 0 aliphatic rings. The summed E-state index contributed by atoms with van der Waals surface area (Å²) in [7, 11) is 0. The van der Waals surface area contributed by atoms with Crippen molar-refractivity contribution in [3.8, 4) is 11.7 Å². The first-order valence-corrected chi connectivity index (χ1v) is 9.56. The fourth-order valence-corrected chi connectivity index (χ4v) is 2.82. The van der Waals surface area contributed by atoms with Crippen LogP contribution in [0, 0.1) is 19.3 Å². The minimum atomic E-state index is -0.598. The molecule has 0 bridgehead atoms. The fraction of sp³-hybridized carbons (Fsp3) is 0.381. The Bertz CT molecular complexity index is 968. The summed E-state index contributed by atoms with van der Waals surface area (Å²) in [5.74, 6) is 1.39. The molecule has 0 fully saturated rings. The Morgan fingerprint density at radius 2 is 1.93 bits per heavy atom. The number of anilines is 1. The van der Waals surface area contributed by atoms with E-state index in [2.05, 4.69) is 37.5 Å². The number of ether oxygens (including phenoxy) is 1. The van der Waals surface area contributed by atoms with Gasteiger partial charge in [-0.05, 0) is 49.9 Å². The molecular formula is C21H26N6O2. The third-order valence-electron chi connectivity index (χ3n) is 4.68. The molecule has 1 N–H and O–H groups in total. The highest BCUT2D eigenvalue weighted by molar-refractivity contribution is 5.93. The molecule has 0 aliphatic heterocycles. The zero-order valence-electron chi connectivity index (χ0n) is 17.2. The molecule has 1 amide bonds. The van der Waals surface area contributed by atoms with Gasteiger partial charge in [-0.3, -0.25) is 10.1 Å². The van der Waals surface area contributed by atoms with Crippen molar-refractivity contribution in [3.05, 3.63) is 54.1 Å². The molecule has 0 radical (unpaired) electrons. The van der Waals surface area contributed by atoms with Crippen LogP contribution in [-0.2, 0) is 4.79 Å². The largest absolute Gasteiger partial charge is 0.493 e. The molecule has 2 aromatic heterocycles. The van der Waals surface area contributed by atoms with Crippen LogP contribution in [0.3, 0.4) is 0 Å². The molecule has 0 saturated carbocycles. The number of carbonyl (C=O) groups excluding carboxylic acids is 1. The first-order chi connectivity index (χ1) is 13.9. The van der Waals surface area contributed by atoms with Crippen LogP contribution in [0.1, 0.15) is 37.8 Å². The first-order valence-electron chi connectivity index (χ1n) is 9.56. The number of amides is 1. The van der Waals surface area contributed by atoms with Gasteiger partial charge < -0.3 is 4.74 Å². The summed E-state index contributed by atoms with van der Waals surface area (Å²) in [6.07, 6.45) is 5.99. The van der Waals surface area contributed by atoms with E-state index in [1.807, 2.05) is 33.8 Å². The molecule has 0 spiro atoms. The van der Waals surface area contributed by atoms with Crippen LogP contribution in [0.15, 0.2) is 43.0 Å². The second-order valence-electron chi connectivity index (χ2n) is 7.60. The summed E-state index contributed by atoms with van der Waals surface area (Å²) in [6, 6.07) is 7.86. The number of hydrogen-bond donors (Lipinski definition) is 1. The maximum absolute atomic E-state index is 12.8. The second-order valence-corrected chi connectivity index (χ2v) is 7.60. The van der Waals surface area contributed by atoms with E-state index < -0.39 is 5.41 Å². The Morgan fingerprint density at radius 3 is 2.69 bits per heavy atom. The van der Waals surface area contributed by atoms with Crippen LogP contribution >= 0.6 is 0 Å². The van der Waals surface area contributed by atoms with Gasteiger partial charge in [0.1, 0.15) is 12.1 Å². The molecule has 8 nitrogen and oxygen atoms in total. The number of aromatic nitrogens is 5. The van der Waals surface area contributed by atoms with Gasteiger partial charge in [0.25, 0.3) is 5.95 Å². The third kappa shape index (κ3) is 5.16. The SMILES string of the molecule is Cc1ccc(C)c(OCCCC(C)(C)C(=O)Nc2ncnn2-c2ncccn2)c1. The number of rotatable bonds is 8. The maximum atomic E-state index is 12.8. The van der Waals surface area contributed by atoms with Gasteiger partial charge >= 0.3 is 0 Å². The number of benzene rings is 1. The molecule has 0 unspecified atom stereocenters. The predicted molar refractivity (Wildman–Crippen MR) is 110 cm³/mol. The van der Waals surface area contributed by atoms with Crippen LogP contribution in [0.2, 0.25) is 0 Å². The van der Waals surface area contributed by atoms with Gasteiger partial charge in [-0.25, -0.2) is 9.97 Å². The van der Waals surface area contributed by atoms with Crippen LogP contribution in [0.25, 0.3) is 5.95 Å². The molecule has 29 heavy (non-hydrogen) atoms.